The molecule has 0 bridgehead atoms. The van der Waals surface area contributed by atoms with Crippen molar-refractivity contribution in [2.45, 2.75) is 38.3 Å². The standard InChI is InChI=1S/C15H24BrNO2/c1-11(18-3)5-7-13(17-2)9-12-6-8-15(19-4)14(16)10-12/h6,8,10-11,13,17H,5,7,9H2,1-4H3. The van der Waals surface area contributed by atoms with Crippen LogP contribution in [0.2, 0.25) is 0 Å². The summed E-state index contributed by atoms with van der Waals surface area (Å²) >= 11 is 3.53. The Morgan fingerprint density at radius 3 is 2.53 bits per heavy atom. The molecule has 0 amide bonds. The summed E-state index contributed by atoms with van der Waals surface area (Å²) in [7, 11) is 5.46. The largest absolute Gasteiger partial charge is 0.496 e. The van der Waals surface area contributed by atoms with Gasteiger partial charge < -0.3 is 14.8 Å². The number of benzene rings is 1. The van der Waals surface area contributed by atoms with Gasteiger partial charge in [0.2, 0.25) is 0 Å². The summed E-state index contributed by atoms with van der Waals surface area (Å²) in [4.78, 5) is 0. The third-order valence-electron chi connectivity index (χ3n) is 3.43. The van der Waals surface area contributed by atoms with Gasteiger partial charge in [-0.15, -0.1) is 0 Å². The van der Waals surface area contributed by atoms with Gasteiger partial charge in [0, 0.05) is 13.2 Å². The zero-order chi connectivity index (χ0) is 14.3. The molecule has 0 saturated carbocycles. The molecule has 1 N–H and O–H groups in total. The maximum atomic E-state index is 5.29. The van der Waals surface area contributed by atoms with Crippen LogP contribution >= 0.6 is 15.9 Å². The molecular formula is C15H24BrNO2. The van der Waals surface area contributed by atoms with Crippen LogP contribution in [0.25, 0.3) is 0 Å². The minimum absolute atomic E-state index is 0.318. The normalized spacial score (nSPS) is 14.2. The Bertz CT molecular complexity index is 384. The number of halogens is 1. The molecule has 19 heavy (non-hydrogen) atoms. The van der Waals surface area contributed by atoms with Crippen molar-refractivity contribution in [2.24, 2.45) is 0 Å². The summed E-state index contributed by atoms with van der Waals surface area (Å²) in [6.45, 7) is 2.11. The average molecular weight is 330 g/mol. The van der Waals surface area contributed by atoms with E-state index in [0.29, 0.717) is 12.1 Å². The molecule has 3 nitrogen and oxygen atoms in total. The Morgan fingerprint density at radius 1 is 1.26 bits per heavy atom. The van der Waals surface area contributed by atoms with Crippen LogP contribution in [0, 0.1) is 0 Å². The fourth-order valence-electron chi connectivity index (χ4n) is 2.02. The van der Waals surface area contributed by atoms with Crippen molar-refractivity contribution in [3.8, 4) is 5.75 Å². The van der Waals surface area contributed by atoms with Crippen LogP contribution in [0.3, 0.4) is 0 Å². The van der Waals surface area contributed by atoms with Crippen LogP contribution < -0.4 is 10.1 Å². The van der Waals surface area contributed by atoms with Gasteiger partial charge in [-0.05, 0) is 66.9 Å². The molecule has 4 heteroatoms. The number of rotatable bonds is 8. The fourth-order valence-corrected chi connectivity index (χ4v) is 2.61. The molecule has 0 aliphatic rings. The van der Waals surface area contributed by atoms with Gasteiger partial charge in [0.15, 0.2) is 0 Å². The lowest BCUT2D eigenvalue weighted by Crippen LogP contribution is -2.28. The third-order valence-corrected chi connectivity index (χ3v) is 4.05. The molecule has 0 fully saturated rings. The van der Waals surface area contributed by atoms with Gasteiger partial charge in [-0.2, -0.15) is 0 Å². The highest BCUT2D eigenvalue weighted by Gasteiger charge is 2.11. The van der Waals surface area contributed by atoms with E-state index in [1.165, 1.54) is 5.56 Å². The summed E-state index contributed by atoms with van der Waals surface area (Å²) in [5.74, 6) is 0.873. The van der Waals surface area contributed by atoms with Gasteiger partial charge in [0.25, 0.3) is 0 Å². The second-order valence-corrected chi connectivity index (χ2v) is 5.64. The lowest BCUT2D eigenvalue weighted by molar-refractivity contribution is 0.106. The third kappa shape index (κ3) is 5.51. The van der Waals surface area contributed by atoms with Crippen molar-refractivity contribution in [1.82, 2.24) is 5.32 Å². The van der Waals surface area contributed by atoms with Gasteiger partial charge in [-0.3, -0.25) is 0 Å². The number of hydrogen-bond acceptors (Lipinski definition) is 3. The molecular weight excluding hydrogens is 306 g/mol. The molecule has 1 aromatic rings. The number of nitrogens with one attached hydrogen (secondary N) is 1. The molecule has 2 unspecified atom stereocenters. The molecule has 0 aromatic heterocycles. The molecule has 0 heterocycles. The lowest BCUT2D eigenvalue weighted by Gasteiger charge is -2.18. The molecule has 0 aliphatic carbocycles. The van der Waals surface area contributed by atoms with E-state index in [1.807, 2.05) is 13.1 Å². The van der Waals surface area contributed by atoms with Gasteiger partial charge >= 0.3 is 0 Å². The van der Waals surface area contributed by atoms with E-state index >= 15 is 0 Å². The first kappa shape index (κ1) is 16.5. The molecule has 0 spiro atoms. The van der Waals surface area contributed by atoms with Crippen molar-refractivity contribution < 1.29 is 9.47 Å². The van der Waals surface area contributed by atoms with Gasteiger partial charge in [0.05, 0.1) is 17.7 Å². The molecule has 2 atom stereocenters. The predicted molar refractivity (Wildman–Crippen MR) is 83.0 cm³/mol. The second kappa shape index (κ2) is 8.56. The number of methoxy groups -OCH3 is 2. The summed E-state index contributed by atoms with van der Waals surface area (Å²) in [5, 5.41) is 3.38. The van der Waals surface area contributed by atoms with Crippen molar-refractivity contribution in [3.63, 3.8) is 0 Å². The summed E-state index contributed by atoms with van der Waals surface area (Å²) in [6, 6.07) is 6.72. The molecule has 108 valence electrons. The van der Waals surface area contributed by atoms with Crippen LogP contribution in [0.15, 0.2) is 22.7 Å². The maximum Gasteiger partial charge on any atom is 0.133 e. The number of ether oxygens (including phenoxy) is 2. The summed E-state index contributed by atoms with van der Waals surface area (Å²) in [5.41, 5.74) is 1.30. The van der Waals surface area contributed by atoms with Crippen LogP contribution in [0.1, 0.15) is 25.3 Å². The highest BCUT2D eigenvalue weighted by atomic mass is 79.9. The van der Waals surface area contributed by atoms with Gasteiger partial charge in [-0.1, -0.05) is 6.07 Å². The lowest BCUT2D eigenvalue weighted by atomic mass is 10.0. The zero-order valence-corrected chi connectivity index (χ0v) is 13.8. The highest BCUT2D eigenvalue weighted by molar-refractivity contribution is 9.10. The van der Waals surface area contributed by atoms with E-state index in [1.54, 1.807) is 14.2 Å². The molecule has 0 radical (unpaired) electrons. The fraction of sp³-hybridized carbons (Fsp3) is 0.600. The minimum atomic E-state index is 0.318. The first-order valence-electron chi connectivity index (χ1n) is 6.63. The zero-order valence-electron chi connectivity index (χ0n) is 12.2. The molecule has 1 rings (SSSR count). The van der Waals surface area contributed by atoms with E-state index in [2.05, 4.69) is 40.3 Å². The second-order valence-electron chi connectivity index (χ2n) is 4.78. The maximum absolute atomic E-state index is 5.29. The summed E-state index contributed by atoms with van der Waals surface area (Å²) < 4.78 is 11.5. The predicted octanol–water partition coefficient (Wildman–Crippen LogP) is 3.40. The van der Waals surface area contributed by atoms with Gasteiger partial charge in [-0.25, -0.2) is 0 Å². The highest BCUT2D eigenvalue weighted by Crippen LogP contribution is 2.26. The first-order chi connectivity index (χ1) is 9.10. The van der Waals surface area contributed by atoms with Crippen LogP contribution in [0.5, 0.6) is 5.75 Å². The van der Waals surface area contributed by atoms with Crippen molar-refractivity contribution >= 4 is 15.9 Å². The van der Waals surface area contributed by atoms with Crippen molar-refractivity contribution in [2.75, 3.05) is 21.3 Å². The minimum Gasteiger partial charge on any atom is -0.496 e. The molecule has 1 aromatic carbocycles. The quantitative estimate of drug-likeness (QED) is 0.792. The number of hydrogen-bond donors (Lipinski definition) is 1. The Hall–Kier alpha value is -0.580. The monoisotopic (exact) mass is 329 g/mol. The van der Waals surface area contributed by atoms with E-state index < -0.39 is 0 Å². The van der Waals surface area contributed by atoms with Crippen molar-refractivity contribution in [1.29, 1.82) is 0 Å². The molecule has 0 saturated heterocycles. The Balaban J connectivity index is 2.57. The topological polar surface area (TPSA) is 30.5 Å². The SMILES string of the molecule is CNC(CCC(C)OC)Cc1ccc(OC)c(Br)c1. The number of likely N-dealkylation sites (N-methyl/N-ethyl adjacent to an activating group) is 1. The molecule has 0 aliphatic heterocycles. The van der Waals surface area contributed by atoms with Crippen LogP contribution in [-0.4, -0.2) is 33.4 Å². The van der Waals surface area contributed by atoms with Crippen molar-refractivity contribution in [3.05, 3.63) is 28.2 Å². The van der Waals surface area contributed by atoms with Gasteiger partial charge in [0.1, 0.15) is 5.75 Å². The smallest absolute Gasteiger partial charge is 0.133 e. The van der Waals surface area contributed by atoms with E-state index in [4.69, 9.17) is 9.47 Å². The Labute approximate surface area is 124 Å². The summed E-state index contributed by atoms with van der Waals surface area (Å²) in [6.07, 6.45) is 3.50. The van der Waals surface area contributed by atoms with Crippen LogP contribution in [0.4, 0.5) is 0 Å². The van der Waals surface area contributed by atoms with E-state index in [9.17, 15) is 0 Å². The Morgan fingerprint density at radius 2 is 2.00 bits per heavy atom. The van der Waals surface area contributed by atoms with E-state index in [-0.39, 0.29) is 0 Å². The van der Waals surface area contributed by atoms with E-state index in [0.717, 1.165) is 29.5 Å². The average Bonchev–Trinajstić information content (AvgIpc) is 2.43. The first-order valence-corrected chi connectivity index (χ1v) is 7.42. The van der Waals surface area contributed by atoms with Crippen LogP contribution in [-0.2, 0) is 11.2 Å². The Kier molecular flexibility index (Phi) is 7.42.